The molecule has 0 saturated carbocycles. The van der Waals surface area contributed by atoms with E-state index in [1.807, 2.05) is 6.92 Å². The Kier molecular flexibility index (Phi) is 4.11. The van der Waals surface area contributed by atoms with Crippen molar-refractivity contribution in [2.24, 2.45) is 0 Å². The predicted molar refractivity (Wildman–Crippen MR) is 66.2 cm³/mol. The van der Waals surface area contributed by atoms with Crippen LogP contribution in [0.4, 0.5) is 10.8 Å². The first-order valence-corrected chi connectivity index (χ1v) is 7.23. The van der Waals surface area contributed by atoms with Crippen LogP contribution in [-0.4, -0.2) is 37.6 Å². The van der Waals surface area contributed by atoms with Gasteiger partial charge in [-0.3, -0.25) is 0 Å². The Morgan fingerprint density at radius 1 is 1.50 bits per heavy atom. The van der Waals surface area contributed by atoms with Crippen LogP contribution >= 0.6 is 11.5 Å². The summed E-state index contributed by atoms with van der Waals surface area (Å²) in [5.74, 6) is 0.153. The van der Waals surface area contributed by atoms with Crippen LogP contribution in [0.2, 0.25) is 0 Å². The fraction of sp³-hybridized carbons (Fsp3) is 0.625. The van der Waals surface area contributed by atoms with E-state index in [0.29, 0.717) is 11.4 Å². The minimum Gasteiger partial charge on any atom is -0.382 e. The maximum Gasteiger partial charge on any atom is 0.185 e. The Hall–Kier alpha value is -0.860. The fourth-order valence-corrected chi connectivity index (χ4v) is 3.92. The molecule has 1 aromatic rings. The van der Waals surface area contributed by atoms with Gasteiger partial charge in [0.25, 0.3) is 0 Å². The smallest absolute Gasteiger partial charge is 0.185 e. The van der Waals surface area contributed by atoms with Gasteiger partial charge in [-0.05, 0) is 18.0 Å². The SMILES string of the molecule is CCCS(=O)(=O)c1c(N)nsc1NN(C)C. The lowest BCUT2D eigenvalue weighted by Crippen LogP contribution is -2.20. The molecule has 1 rings (SSSR count). The summed E-state index contributed by atoms with van der Waals surface area (Å²) in [6, 6.07) is 0. The van der Waals surface area contributed by atoms with Gasteiger partial charge in [0.05, 0.1) is 5.75 Å². The van der Waals surface area contributed by atoms with Gasteiger partial charge < -0.3 is 11.2 Å². The molecule has 1 aromatic heterocycles. The van der Waals surface area contributed by atoms with Crippen molar-refractivity contribution in [1.29, 1.82) is 0 Å². The minimum atomic E-state index is -3.34. The molecular formula is C8H16N4O2S2. The van der Waals surface area contributed by atoms with E-state index < -0.39 is 9.84 Å². The van der Waals surface area contributed by atoms with Crippen LogP contribution in [0.15, 0.2) is 4.90 Å². The lowest BCUT2D eigenvalue weighted by atomic mass is 10.6. The first kappa shape index (κ1) is 13.2. The zero-order valence-corrected chi connectivity index (χ0v) is 11.2. The average Bonchev–Trinajstić information content (AvgIpc) is 2.46. The van der Waals surface area contributed by atoms with Crippen LogP contribution in [0.3, 0.4) is 0 Å². The summed E-state index contributed by atoms with van der Waals surface area (Å²) in [6.45, 7) is 1.81. The van der Waals surface area contributed by atoms with E-state index in [9.17, 15) is 8.42 Å². The summed E-state index contributed by atoms with van der Waals surface area (Å²) < 4.78 is 27.8. The number of hydrazine groups is 1. The highest BCUT2D eigenvalue weighted by Gasteiger charge is 2.24. The van der Waals surface area contributed by atoms with E-state index in [2.05, 4.69) is 9.80 Å². The number of nitrogen functional groups attached to an aromatic ring is 1. The third kappa shape index (κ3) is 2.83. The van der Waals surface area contributed by atoms with Crippen LogP contribution < -0.4 is 11.2 Å². The molecule has 6 nitrogen and oxygen atoms in total. The van der Waals surface area contributed by atoms with Crippen molar-refractivity contribution in [3.63, 3.8) is 0 Å². The number of nitrogens with one attached hydrogen (secondary N) is 1. The number of nitrogens with two attached hydrogens (primary N) is 1. The molecule has 0 bridgehead atoms. The summed E-state index contributed by atoms with van der Waals surface area (Å²) in [7, 11) is 0.200. The second-order valence-electron chi connectivity index (χ2n) is 3.55. The zero-order chi connectivity index (χ0) is 12.3. The van der Waals surface area contributed by atoms with Gasteiger partial charge in [0.1, 0.15) is 9.90 Å². The third-order valence-electron chi connectivity index (χ3n) is 1.78. The van der Waals surface area contributed by atoms with Crippen molar-refractivity contribution in [2.75, 3.05) is 31.0 Å². The topological polar surface area (TPSA) is 88.3 Å². The highest BCUT2D eigenvalue weighted by atomic mass is 32.2. The first-order chi connectivity index (χ1) is 7.38. The fourth-order valence-electron chi connectivity index (χ4n) is 1.24. The van der Waals surface area contributed by atoms with E-state index in [1.165, 1.54) is 0 Å². The molecule has 0 radical (unpaired) electrons. The number of hydrogen-bond donors (Lipinski definition) is 2. The Morgan fingerprint density at radius 3 is 2.62 bits per heavy atom. The maximum absolute atomic E-state index is 11.9. The van der Waals surface area contributed by atoms with Gasteiger partial charge in [-0.2, -0.15) is 4.37 Å². The minimum absolute atomic E-state index is 0.0720. The number of sulfone groups is 1. The standard InChI is InChI=1S/C8H16N4O2S2/c1-4-5-16(13,14)6-7(9)11-15-8(6)10-12(2)3/h10H,4-5H2,1-3H3,(H2,9,11). The van der Waals surface area contributed by atoms with Crippen molar-refractivity contribution >= 4 is 32.2 Å². The van der Waals surface area contributed by atoms with Gasteiger partial charge in [0.15, 0.2) is 15.7 Å². The van der Waals surface area contributed by atoms with E-state index in [4.69, 9.17) is 5.73 Å². The molecule has 0 spiro atoms. The molecule has 3 N–H and O–H groups in total. The van der Waals surface area contributed by atoms with E-state index in [1.54, 1.807) is 19.1 Å². The van der Waals surface area contributed by atoms with Gasteiger partial charge in [0.2, 0.25) is 0 Å². The lowest BCUT2D eigenvalue weighted by Gasteiger charge is -2.12. The van der Waals surface area contributed by atoms with Gasteiger partial charge in [-0.15, -0.1) is 0 Å². The monoisotopic (exact) mass is 264 g/mol. The molecule has 0 unspecified atom stereocenters. The Bertz CT molecular complexity index is 453. The van der Waals surface area contributed by atoms with Crippen LogP contribution in [0.1, 0.15) is 13.3 Å². The summed E-state index contributed by atoms with van der Waals surface area (Å²) in [5.41, 5.74) is 8.48. The number of aromatic nitrogens is 1. The van der Waals surface area contributed by atoms with Gasteiger partial charge in [-0.1, -0.05) is 6.92 Å². The van der Waals surface area contributed by atoms with E-state index >= 15 is 0 Å². The Labute approximate surface area is 99.5 Å². The number of hydrogen-bond acceptors (Lipinski definition) is 7. The highest BCUT2D eigenvalue weighted by Crippen LogP contribution is 2.32. The van der Waals surface area contributed by atoms with Crippen molar-refractivity contribution < 1.29 is 8.42 Å². The molecule has 0 aliphatic heterocycles. The summed E-state index contributed by atoms with van der Waals surface area (Å²) in [4.78, 5) is 0.119. The molecule has 92 valence electrons. The number of anilines is 2. The second-order valence-corrected chi connectivity index (χ2v) is 6.37. The zero-order valence-electron chi connectivity index (χ0n) is 9.52. The molecule has 0 aliphatic rings. The first-order valence-electron chi connectivity index (χ1n) is 4.80. The summed E-state index contributed by atoms with van der Waals surface area (Å²) in [5, 5.41) is 2.12. The third-order valence-corrected chi connectivity index (χ3v) is 4.66. The molecule has 0 atom stereocenters. The van der Waals surface area contributed by atoms with Crippen LogP contribution in [0.25, 0.3) is 0 Å². The second kappa shape index (κ2) is 4.98. The Balaban J connectivity index is 3.16. The summed E-state index contributed by atoms with van der Waals surface area (Å²) in [6.07, 6.45) is 0.555. The molecule has 0 fully saturated rings. The highest BCUT2D eigenvalue weighted by molar-refractivity contribution is 7.91. The van der Waals surface area contributed by atoms with Crippen molar-refractivity contribution in [1.82, 2.24) is 9.38 Å². The number of rotatable bonds is 5. The van der Waals surface area contributed by atoms with Gasteiger partial charge in [0, 0.05) is 14.1 Å². The van der Waals surface area contributed by atoms with Gasteiger partial charge in [-0.25, -0.2) is 13.4 Å². The normalized spacial score (nSPS) is 12.0. The van der Waals surface area contributed by atoms with Crippen LogP contribution in [-0.2, 0) is 9.84 Å². The largest absolute Gasteiger partial charge is 0.382 e. The van der Waals surface area contributed by atoms with E-state index in [0.717, 1.165) is 11.5 Å². The lowest BCUT2D eigenvalue weighted by molar-refractivity contribution is 0.495. The molecular weight excluding hydrogens is 248 g/mol. The molecule has 8 heteroatoms. The maximum atomic E-state index is 11.9. The van der Waals surface area contributed by atoms with Crippen molar-refractivity contribution in [3.8, 4) is 0 Å². The number of nitrogens with zero attached hydrogens (tertiary/aromatic N) is 2. The Morgan fingerprint density at radius 2 is 2.12 bits per heavy atom. The average molecular weight is 264 g/mol. The molecule has 0 aliphatic carbocycles. The molecule has 1 heterocycles. The van der Waals surface area contributed by atoms with Crippen molar-refractivity contribution in [3.05, 3.63) is 0 Å². The van der Waals surface area contributed by atoms with Gasteiger partial charge >= 0.3 is 0 Å². The predicted octanol–water partition coefficient (Wildman–Crippen LogP) is 0.798. The molecule has 0 aromatic carbocycles. The van der Waals surface area contributed by atoms with Crippen LogP contribution in [0.5, 0.6) is 0 Å². The molecule has 0 saturated heterocycles. The van der Waals surface area contributed by atoms with Crippen LogP contribution in [0, 0.1) is 0 Å². The van der Waals surface area contributed by atoms with E-state index in [-0.39, 0.29) is 16.5 Å². The quantitative estimate of drug-likeness (QED) is 0.765. The van der Waals surface area contributed by atoms with Crippen molar-refractivity contribution in [2.45, 2.75) is 18.2 Å². The molecule has 0 amide bonds. The molecule has 16 heavy (non-hydrogen) atoms. The summed E-state index contributed by atoms with van der Waals surface area (Å²) >= 11 is 1.05.